The van der Waals surface area contributed by atoms with Gasteiger partial charge in [-0.3, -0.25) is 9.59 Å². The lowest BCUT2D eigenvalue weighted by Gasteiger charge is -2.30. The molecule has 1 fully saturated rings. The maximum Gasteiger partial charge on any atom is 0.254 e. The second kappa shape index (κ2) is 5.66. The van der Waals surface area contributed by atoms with Crippen LogP contribution in [0.2, 0.25) is 0 Å². The molecule has 1 aliphatic heterocycles. The van der Waals surface area contributed by atoms with Crippen molar-refractivity contribution in [3.63, 3.8) is 0 Å². The number of Topliss-reactive ketones (excluding diaryl/α,β-unsaturated/α-hetero) is 1. The minimum Gasteiger partial charge on any atom is -0.337 e. The molecule has 1 amide bonds. The molecule has 0 unspecified atom stereocenters. The fourth-order valence-corrected chi connectivity index (χ4v) is 2.41. The van der Waals surface area contributed by atoms with Crippen LogP contribution in [-0.4, -0.2) is 29.7 Å². The maximum atomic E-state index is 12.5. The van der Waals surface area contributed by atoms with E-state index in [2.05, 4.69) is 6.07 Å². The highest BCUT2D eigenvalue weighted by Gasteiger charge is 2.26. The molecule has 2 rings (SSSR count). The van der Waals surface area contributed by atoms with E-state index in [1.807, 2.05) is 0 Å². The van der Waals surface area contributed by atoms with Gasteiger partial charge in [-0.25, -0.2) is 0 Å². The van der Waals surface area contributed by atoms with E-state index in [0.717, 1.165) is 12.8 Å². The van der Waals surface area contributed by atoms with E-state index in [9.17, 15) is 9.59 Å². The maximum absolute atomic E-state index is 12.5. The third kappa shape index (κ3) is 2.82. The first-order valence-electron chi connectivity index (χ1n) is 6.42. The summed E-state index contributed by atoms with van der Waals surface area (Å²) in [6, 6.07) is 9.07. The van der Waals surface area contributed by atoms with E-state index in [4.69, 9.17) is 5.26 Å². The summed E-state index contributed by atoms with van der Waals surface area (Å²) in [5, 5.41) is 8.96. The molecule has 19 heavy (non-hydrogen) atoms. The normalized spacial score (nSPS) is 18.7. The number of nitrogens with zero attached hydrogens (tertiary/aromatic N) is 2. The Morgan fingerprint density at radius 3 is 2.63 bits per heavy atom. The second-order valence-electron chi connectivity index (χ2n) is 4.82. The van der Waals surface area contributed by atoms with Gasteiger partial charge in [0.2, 0.25) is 0 Å². The fourth-order valence-electron chi connectivity index (χ4n) is 2.41. The summed E-state index contributed by atoms with van der Waals surface area (Å²) < 4.78 is 0. The Hall–Kier alpha value is -2.15. The molecule has 0 aliphatic carbocycles. The van der Waals surface area contributed by atoms with Crippen molar-refractivity contribution < 1.29 is 9.59 Å². The number of likely N-dealkylation sites (tertiary alicyclic amines) is 1. The van der Waals surface area contributed by atoms with Crippen LogP contribution in [0.15, 0.2) is 24.3 Å². The van der Waals surface area contributed by atoms with E-state index in [0.29, 0.717) is 24.2 Å². The van der Waals surface area contributed by atoms with Gasteiger partial charge < -0.3 is 4.90 Å². The number of carbonyl (C=O) groups is 2. The zero-order chi connectivity index (χ0) is 13.8. The van der Waals surface area contributed by atoms with Crippen LogP contribution in [0.25, 0.3) is 0 Å². The highest BCUT2D eigenvalue weighted by atomic mass is 16.2. The van der Waals surface area contributed by atoms with Crippen LogP contribution in [-0.2, 0) is 0 Å². The van der Waals surface area contributed by atoms with Crippen LogP contribution in [0.1, 0.15) is 40.5 Å². The average Bonchev–Trinajstić information content (AvgIpc) is 2.46. The van der Waals surface area contributed by atoms with Crippen molar-refractivity contribution in [1.29, 1.82) is 5.26 Å². The number of benzene rings is 1. The molecule has 0 radical (unpaired) electrons. The number of hydrogen-bond acceptors (Lipinski definition) is 3. The standard InChI is InChI=1S/C15H16N2O2/c1-11(18)13-6-2-3-7-14(13)15(19)17-8-4-5-12(9-16)10-17/h2-3,6-7,12H,4-5,8,10H2,1H3/t12-/m0/s1. The summed E-state index contributed by atoms with van der Waals surface area (Å²) >= 11 is 0. The van der Waals surface area contributed by atoms with Gasteiger partial charge in [0.25, 0.3) is 5.91 Å². The largest absolute Gasteiger partial charge is 0.337 e. The van der Waals surface area contributed by atoms with Crippen LogP contribution < -0.4 is 0 Å². The van der Waals surface area contributed by atoms with Gasteiger partial charge in [0.15, 0.2) is 5.78 Å². The van der Waals surface area contributed by atoms with E-state index in [-0.39, 0.29) is 17.6 Å². The Labute approximate surface area is 112 Å². The molecule has 1 atom stereocenters. The molecule has 1 saturated heterocycles. The number of carbonyl (C=O) groups excluding carboxylic acids is 2. The lowest BCUT2D eigenvalue weighted by molar-refractivity contribution is 0.0695. The molecule has 0 N–H and O–H groups in total. The Morgan fingerprint density at radius 1 is 1.32 bits per heavy atom. The highest BCUT2D eigenvalue weighted by Crippen LogP contribution is 2.19. The number of ketones is 1. The lowest BCUT2D eigenvalue weighted by atomic mass is 9.97. The molecule has 0 spiro atoms. The molecule has 4 nitrogen and oxygen atoms in total. The Balaban J connectivity index is 2.25. The topological polar surface area (TPSA) is 61.2 Å². The third-order valence-corrected chi connectivity index (χ3v) is 3.43. The molecule has 0 saturated carbocycles. The Kier molecular flexibility index (Phi) is 3.96. The zero-order valence-electron chi connectivity index (χ0n) is 10.9. The first kappa shape index (κ1) is 13.3. The molecule has 1 heterocycles. The van der Waals surface area contributed by atoms with Crippen LogP contribution in [0.3, 0.4) is 0 Å². The van der Waals surface area contributed by atoms with Gasteiger partial charge in [0, 0.05) is 18.7 Å². The third-order valence-electron chi connectivity index (χ3n) is 3.43. The van der Waals surface area contributed by atoms with Gasteiger partial charge >= 0.3 is 0 Å². The minimum atomic E-state index is -0.147. The van der Waals surface area contributed by atoms with Crippen LogP contribution >= 0.6 is 0 Å². The summed E-state index contributed by atoms with van der Waals surface area (Å²) in [6.07, 6.45) is 1.68. The van der Waals surface area contributed by atoms with Crippen molar-refractivity contribution in [2.24, 2.45) is 5.92 Å². The van der Waals surface area contributed by atoms with Gasteiger partial charge in [-0.05, 0) is 25.8 Å². The van der Waals surface area contributed by atoms with Crippen molar-refractivity contribution in [3.05, 3.63) is 35.4 Å². The monoisotopic (exact) mass is 256 g/mol. The van der Waals surface area contributed by atoms with Crippen LogP contribution in [0, 0.1) is 17.2 Å². The molecule has 0 aromatic heterocycles. The Bertz CT molecular complexity index is 545. The molecule has 98 valence electrons. The van der Waals surface area contributed by atoms with Crippen LogP contribution in [0.5, 0.6) is 0 Å². The molecular weight excluding hydrogens is 240 g/mol. The summed E-state index contributed by atoms with van der Waals surface area (Å²) in [7, 11) is 0. The van der Waals surface area contributed by atoms with Gasteiger partial charge in [0.1, 0.15) is 0 Å². The molecule has 4 heteroatoms. The average molecular weight is 256 g/mol. The van der Waals surface area contributed by atoms with Crippen molar-refractivity contribution in [2.45, 2.75) is 19.8 Å². The minimum absolute atomic E-state index is 0.0952. The number of amides is 1. The lowest BCUT2D eigenvalue weighted by Crippen LogP contribution is -2.40. The number of piperidine rings is 1. The smallest absolute Gasteiger partial charge is 0.254 e. The number of hydrogen-bond donors (Lipinski definition) is 0. The summed E-state index contributed by atoms with van der Waals surface area (Å²) in [4.78, 5) is 25.7. The van der Waals surface area contributed by atoms with Gasteiger partial charge in [-0.1, -0.05) is 18.2 Å². The summed E-state index contributed by atoms with van der Waals surface area (Å²) in [5.41, 5.74) is 0.889. The van der Waals surface area contributed by atoms with Gasteiger partial charge in [-0.2, -0.15) is 5.26 Å². The fraction of sp³-hybridized carbons (Fsp3) is 0.400. The first-order valence-corrected chi connectivity index (χ1v) is 6.42. The van der Waals surface area contributed by atoms with Crippen molar-refractivity contribution >= 4 is 11.7 Å². The van der Waals surface area contributed by atoms with Crippen molar-refractivity contribution in [1.82, 2.24) is 4.90 Å². The van der Waals surface area contributed by atoms with Crippen molar-refractivity contribution in [2.75, 3.05) is 13.1 Å². The Morgan fingerprint density at radius 2 is 2.00 bits per heavy atom. The highest BCUT2D eigenvalue weighted by molar-refractivity contribution is 6.07. The molecule has 0 bridgehead atoms. The molecule has 1 aromatic carbocycles. The molecule has 1 aromatic rings. The van der Waals surface area contributed by atoms with Crippen molar-refractivity contribution in [3.8, 4) is 6.07 Å². The first-order chi connectivity index (χ1) is 9.13. The summed E-state index contributed by atoms with van der Waals surface area (Å²) in [6.45, 7) is 2.57. The number of nitriles is 1. The predicted octanol–water partition coefficient (Wildman–Crippen LogP) is 2.26. The predicted molar refractivity (Wildman–Crippen MR) is 70.7 cm³/mol. The molecule has 1 aliphatic rings. The van der Waals surface area contributed by atoms with E-state index in [1.54, 1.807) is 29.2 Å². The van der Waals surface area contributed by atoms with Gasteiger partial charge in [0.05, 0.1) is 17.6 Å². The van der Waals surface area contributed by atoms with Crippen LogP contribution in [0.4, 0.5) is 0 Å². The van der Waals surface area contributed by atoms with E-state index < -0.39 is 0 Å². The molecular formula is C15H16N2O2. The second-order valence-corrected chi connectivity index (χ2v) is 4.82. The summed E-state index contributed by atoms with van der Waals surface area (Å²) in [5.74, 6) is -0.356. The SMILES string of the molecule is CC(=O)c1ccccc1C(=O)N1CCC[C@@H](C#N)C1. The van der Waals surface area contributed by atoms with E-state index >= 15 is 0 Å². The van der Waals surface area contributed by atoms with E-state index in [1.165, 1.54) is 6.92 Å². The quantitative estimate of drug-likeness (QED) is 0.762. The van der Waals surface area contributed by atoms with Gasteiger partial charge in [-0.15, -0.1) is 0 Å². The zero-order valence-corrected chi connectivity index (χ0v) is 10.9. The number of rotatable bonds is 2.